The van der Waals surface area contributed by atoms with Gasteiger partial charge in [0.25, 0.3) is 5.91 Å². The summed E-state index contributed by atoms with van der Waals surface area (Å²) in [5.74, 6) is 0.874. The van der Waals surface area contributed by atoms with Gasteiger partial charge in [0.2, 0.25) is 5.91 Å². The van der Waals surface area contributed by atoms with Gasteiger partial charge in [0.1, 0.15) is 5.75 Å². The van der Waals surface area contributed by atoms with Gasteiger partial charge in [-0.25, -0.2) is 4.98 Å². The fourth-order valence-corrected chi connectivity index (χ4v) is 4.56. The van der Waals surface area contributed by atoms with Crippen LogP contribution in [0.5, 0.6) is 5.75 Å². The molecular formula is C22H27ClN4O3. The molecule has 2 fully saturated rings. The van der Waals surface area contributed by atoms with Gasteiger partial charge in [-0.3, -0.25) is 9.59 Å². The standard InChI is InChI=1S/C22H27ClN4O3/c1-16-12-17(23)2-3-19(16)30-14-20(28)27-8-4-22(5-9-27)13-18(22)21(29)25-7-11-26-10-6-24-15-26/h2-3,6,10,12,15,18H,4-5,7-9,11,13-14H2,1H3,(H,25,29). The minimum atomic E-state index is -0.0128. The maximum atomic E-state index is 12.5. The van der Waals surface area contributed by atoms with E-state index >= 15 is 0 Å². The Balaban J connectivity index is 1.19. The number of piperidine rings is 1. The number of benzene rings is 1. The molecule has 30 heavy (non-hydrogen) atoms. The molecule has 1 aromatic carbocycles. The van der Waals surface area contributed by atoms with Crippen LogP contribution in [-0.4, -0.2) is 52.5 Å². The van der Waals surface area contributed by atoms with Gasteiger partial charge in [0.15, 0.2) is 6.61 Å². The Kier molecular flexibility index (Phi) is 5.99. The van der Waals surface area contributed by atoms with Crippen LogP contribution in [0.15, 0.2) is 36.9 Å². The number of hydrogen-bond donors (Lipinski definition) is 1. The summed E-state index contributed by atoms with van der Waals surface area (Å²) in [6.45, 7) is 4.62. The number of aryl methyl sites for hydroxylation is 1. The van der Waals surface area contributed by atoms with Crippen LogP contribution in [0.3, 0.4) is 0 Å². The molecule has 1 saturated carbocycles. The van der Waals surface area contributed by atoms with E-state index in [1.165, 1.54) is 0 Å². The summed E-state index contributed by atoms with van der Waals surface area (Å²) in [6, 6.07) is 5.36. The number of likely N-dealkylation sites (tertiary alicyclic amines) is 1. The Morgan fingerprint density at radius 1 is 1.33 bits per heavy atom. The second-order valence-corrected chi connectivity index (χ2v) is 8.73. The van der Waals surface area contributed by atoms with E-state index in [4.69, 9.17) is 16.3 Å². The second kappa shape index (κ2) is 8.68. The van der Waals surface area contributed by atoms with Crippen LogP contribution in [0.25, 0.3) is 0 Å². The van der Waals surface area contributed by atoms with E-state index in [9.17, 15) is 9.59 Å². The number of carbonyl (C=O) groups is 2. The van der Waals surface area contributed by atoms with Crippen LogP contribution >= 0.6 is 11.6 Å². The lowest BCUT2D eigenvalue weighted by atomic mass is 9.90. The zero-order valence-electron chi connectivity index (χ0n) is 17.1. The minimum Gasteiger partial charge on any atom is -0.483 e. The van der Waals surface area contributed by atoms with Crippen LogP contribution in [0.2, 0.25) is 5.02 Å². The van der Waals surface area contributed by atoms with Gasteiger partial charge < -0.3 is 19.5 Å². The first-order chi connectivity index (χ1) is 14.5. The molecule has 1 saturated heterocycles. The summed E-state index contributed by atoms with van der Waals surface area (Å²) >= 11 is 5.96. The normalized spacial score (nSPS) is 19.5. The van der Waals surface area contributed by atoms with E-state index in [1.54, 1.807) is 24.7 Å². The third kappa shape index (κ3) is 4.61. The number of nitrogens with zero attached hydrogens (tertiary/aromatic N) is 3. The number of ether oxygens (including phenoxy) is 1. The van der Waals surface area contributed by atoms with E-state index in [0.717, 1.165) is 31.4 Å². The van der Waals surface area contributed by atoms with Gasteiger partial charge in [-0.1, -0.05) is 11.6 Å². The van der Waals surface area contributed by atoms with Gasteiger partial charge in [-0.2, -0.15) is 0 Å². The van der Waals surface area contributed by atoms with Gasteiger partial charge >= 0.3 is 0 Å². The maximum Gasteiger partial charge on any atom is 0.260 e. The highest BCUT2D eigenvalue weighted by Crippen LogP contribution is 2.59. The van der Waals surface area contributed by atoms with Crippen molar-refractivity contribution >= 4 is 23.4 Å². The zero-order valence-corrected chi connectivity index (χ0v) is 17.9. The topological polar surface area (TPSA) is 76.5 Å². The molecule has 1 aromatic heterocycles. The van der Waals surface area contributed by atoms with Crippen LogP contribution in [-0.2, 0) is 16.1 Å². The first-order valence-electron chi connectivity index (χ1n) is 10.4. The Morgan fingerprint density at radius 3 is 2.83 bits per heavy atom. The predicted molar refractivity (Wildman–Crippen MR) is 113 cm³/mol. The Labute approximate surface area is 181 Å². The molecule has 1 atom stereocenters. The molecule has 2 aliphatic rings. The van der Waals surface area contributed by atoms with Crippen LogP contribution in [0, 0.1) is 18.3 Å². The van der Waals surface area contributed by atoms with Crippen LogP contribution < -0.4 is 10.1 Å². The first-order valence-corrected chi connectivity index (χ1v) is 10.7. The summed E-state index contributed by atoms with van der Waals surface area (Å²) in [4.78, 5) is 30.9. The van der Waals surface area contributed by atoms with Crippen molar-refractivity contribution in [2.45, 2.75) is 32.7 Å². The summed E-state index contributed by atoms with van der Waals surface area (Å²) in [7, 11) is 0. The van der Waals surface area contributed by atoms with Gasteiger partial charge in [-0.15, -0.1) is 0 Å². The highest BCUT2D eigenvalue weighted by atomic mass is 35.5. The monoisotopic (exact) mass is 430 g/mol. The summed E-state index contributed by atoms with van der Waals surface area (Å²) in [6.07, 6.45) is 8.03. The smallest absolute Gasteiger partial charge is 0.260 e. The fourth-order valence-electron chi connectivity index (χ4n) is 4.33. The fraction of sp³-hybridized carbons (Fsp3) is 0.500. The largest absolute Gasteiger partial charge is 0.483 e. The average molecular weight is 431 g/mol. The number of hydrogen-bond acceptors (Lipinski definition) is 4. The van der Waals surface area contributed by atoms with Gasteiger partial charge in [0, 0.05) is 49.5 Å². The molecule has 7 nitrogen and oxygen atoms in total. The number of imidazole rings is 1. The number of rotatable bonds is 7. The molecule has 8 heteroatoms. The summed E-state index contributed by atoms with van der Waals surface area (Å²) in [5.41, 5.74) is 0.983. The third-order valence-electron chi connectivity index (χ3n) is 6.33. The van der Waals surface area contributed by atoms with Crippen molar-refractivity contribution < 1.29 is 14.3 Å². The van der Waals surface area contributed by atoms with E-state index < -0.39 is 0 Å². The molecule has 2 aromatic rings. The molecular weight excluding hydrogens is 404 g/mol. The zero-order chi connectivity index (χ0) is 21.1. The maximum absolute atomic E-state index is 12.5. The van der Waals surface area contributed by atoms with Crippen molar-refractivity contribution in [3.05, 3.63) is 47.5 Å². The first kappa shape index (κ1) is 20.7. The Morgan fingerprint density at radius 2 is 2.13 bits per heavy atom. The van der Waals surface area contributed by atoms with Crippen LogP contribution in [0.4, 0.5) is 0 Å². The highest BCUT2D eigenvalue weighted by Gasteiger charge is 2.58. The summed E-state index contributed by atoms with van der Waals surface area (Å²) in [5, 5.41) is 3.69. The molecule has 1 spiro atoms. The molecule has 1 aliphatic heterocycles. The van der Waals surface area contributed by atoms with Crippen molar-refractivity contribution in [1.82, 2.24) is 19.8 Å². The predicted octanol–water partition coefficient (Wildman–Crippen LogP) is 2.67. The van der Waals surface area contributed by atoms with Crippen molar-refractivity contribution in [1.29, 1.82) is 0 Å². The Hall–Kier alpha value is -2.54. The molecule has 1 aliphatic carbocycles. The van der Waals surface area contributed by atoms with Gasteiger partial charge in [-0.05, 0) is 55.4 Å². The summed E-state index contributed by atoms with van der Waals surface area (Å²) < 4.78 is 7.63. The molecule has 1 unspecified atom stereocenters. The number of amides is 2. The number of nitrogens with one attached hydrogen (secondary N) is 1. The molecule has 0 radical (unpaired) electrons. The Bertz CT molecular complexity index is 907. The quantitative estimate of drug-likeness (QED) is 0.732. The van der Waals surface area contributed by atoms with Crippen molar-refractivity contribution in [3.63, 3.8) is 0 Å². The van der Waals surface area contributed by atoms with Crippen molar-refractivity contribution in [2.75, 3.05) is 26.2 Å². The van der Waals surface area contributed by atoms with E-state index in [2.05, 4.69) is 10.3 Å². The van der Waals surface area contributed by atoms with Crippen molar-refractivity contribution in [2.24, 2.45) is 11.3 Å². The lowest BCUT2D eigenvalue weighted by Crippen LogP contribution is -2.42. The average Bonchev–Trinajstić information content (AvgIpc) is 3.17. The lowest BCUT2D eigenvalue weighted by Gasteiger charge is -2.32. The van der Waals surface area contributed by atoms with E-state index in [0.29, 0.717) is 30.4 Å². The minimum absolute atomic E-state index is 0.0128. The lowest BCUT2D eigenvalue weighted by molar-refractivity contribution is -0.135. The molecule has 2 heterocycles. The molecule has 4 rings (SSSR count). The number of halogens is 1. The SMILES string of the molecule is Cc1cc(Cl)ccc1OCC(=O)N1CCC2(CC1)CC2C(=O)NCCn1ccnc1. The van der Waals surface area contributed by atoms with E-state index in [1.807, 2.05) is 28.7 Å². The third-order valence-corrected chi connectivity index (χ3v) is 6.57. The van der Waals surface area contributed by atoms with Crippen molar-refractivity contribution in [3.8, 4) is 5.75 Å². The van der Waals surface area contributed by atoms with E-state index in [-0.39, 0.29) is 29.8 Å². The molecule has 1 N–H and O–H groups in total. The number of aromatic nitrogens is 2. The second-order valence-electron chi connectivity index (χ2n) is 8.29. The molecule has 160 valence electrons. The van der Waals surface area contributed by atoms with Gasteiger partial charge in [0.05, 0.1) is 6.33 Å². The molecule has 2 amide bonds. The number of carbonyl (C=O) groups excluding carboxylic acids is 2. The van der Waals surface area contributed by atoms with Crippen LogP contribution in [0.1, 0.15) is 24.8 Å². The molecule has 0 bridgehead atoms. The highest BCUT2D eigenvalue weighted by molar-refractivity contribution is 6.30.